The van der Waals surface area contributed by atoms with Crippen LogP contribution in [0.4, 0.5) is 11.4 Å². The average Bonchev–Trinajstić information content (AvgIpc) is 2.42. The molecule has 2 rings (SSSR count). The lowest BCUT2D eigenvalue weighted by Crippen LogP contribution is -2.07. The van der Waals surface area contributed by atoms with E-state index in [0.717, 1.165) is 24.3 Å². The number of nitriles is 1. The van der Waals surface area contributed by atoms with Crippen molar-refractivity contribution in [3.8, 4) is 6.07 Å². The Morgan fingerprint density at radius 3 is 2.83 bits per heavy atom. The maximum absolute atomic E-state index is 8.74. The van der Waals surface area contributed by atoms with E-state index in [1.165, 1.54) is 0 Å². The Kier molecular flexibility index (Phi) is 3.77. The fourth-order valence-electron chi connectivity index (χ4n) is 1.66. The fourth-order valence-corrected chi connectivity index (χ4v) is 1.66. The Balaban J connectivity index is 1.93. The van der Waals surface area contributed by atoms with Gasteiger partial charge in [-0.2, -0.15) is 5.26 Å². The minimum Gasteiger partial charge on any atom is -0.397 e. The second-order valence-electron chi connectivity index (χ2n) is 3.91. The summed E-state index contributed by atoms with van der Waals surface area (Å²) in [5.41, 5.74) is 8.90. The molecular formula is C14H14N4. The lowest BCUT2D eigenvalue weighted by molar-refractivity contribution is 0.962. The standard InChI is InChI=1S/C14H14N4/c15-10-11-4-5-14(13(16)9-11)18-8-6-12-3-1-2-7-17-12/h1-5,7,9,18H,6,8,16H2. The van der Waals surface area contributed by atoms with Crippen LogP contribution in [0.15, 0.2) is 42.6 Å². The Morgan fingerprint density at radius 1 is 1.28 bits per heavy atom. The van der Waals surface area contributed by atoms with E-state index in [1.807, 2.05) is 24.3 Å². The number of nitrogens with zero attached hydrogens (tertiary/aromatic N) is 2. The largest absolute Gasteiger partial charge is 0.397 e. The molecule has 0 bridgehead atoms. The maximum atomic E-state index is 8.74. The molecule has 1 heterocycles. The molecule has 90 valence electrons. The van der Waals surface area contributed by atoms with Crippen LogP contribution in [0.1, 0.15) is 11.3 Å². The SMILES string of the molecule is N#Cc1ccc(NCCc2ccccn2)c(N)c1. The monoisotopic (exact) mass is 238 g/mol. The van der Waals surface area contributed by atoms with Crippen LogP contribution in [0, 0.1) is 11.3 Å². The molecule has 0 aliphatic heterocycles. The van der Waals surface area contributed by atoms with Crippen molar-refractivity contribution < 1.29 is 0 Å². The number of nitrogens with one attached hydrogen (secondary N) is 1. The number of nitrogens with two attached hydrogens (primary N) is 1. The summed E-state index contributed by atoms with van der Waals surface area (Å²) in [6.45, 7) is 0.757. The topological polar surface area (TPSA) is 74.7 Å². The van der Waals surface area contributed by atoms with E-state index in [1.54, 1.807) is 18.3 Å². The first-order chi connectivity index (χ1) is 8.79. The summed E-state index contributed by atoms with van der Waals surface area (Å²) in [4.78, 5) is 4.25. The molecule has 0 saturated heterocycles. The molecule has 1 aromatic heterocycles. The molecule has 2 aromatic rings. The van der Waals surface area contributed by atoms with Gasteiger partial charge in [0.1, 0.15) is 0 Å². The second-order valence-corrected chi connectivity index (χ2v) is 3.91. The zero-order chi connectivity index (χ0) is 12.8. The number of hydrogen-bond acceptors (Lipinski definition) is 4. The third-order valence-electron chi connectivity index (χ3n) is 2.60. The molecule has 0 unspecified atom stereocenters. The molecule has 0 spiro atoms. The van der Waals surface area contributed by atoms with Crippen LogP contribution in [0.5, 0.6) is 0 Å². The van der Waals surface area contributed by atoms with E-state index in [4.69, 9.17) is 11.0 Å². The van der Waals surface area contributed by atoms with Gasteiger partial charge in [-0.05, 0) is 30.3 Å². The number of hydrogen-bond donors (Lipinski definition) is 2. The normalized spacial score (nSPS) is 9.72. The highest BCUT2D eigenvalue weighted by Crippen LogP contribution is 2.19. The predicted molar refractivity (Wildman–Crippen MR) is 72.0 cm³/mol. The van der Waals surface area contributed by atoms with E-state index in [9.17, 15) is 0 Å². The highest BCUT2D eigenvalue weighted by atomic mass is 14.9. The van der Waals surface area contributed by atoms with Crippen molar-refractivity contribution in [1.82, 2.24) is 4.98 Å². The van der Waals surface area contributed by atoms with Gasteiger partial charge in [-0.25, -0.2) is 0 Å². The van der Waals surface area contributed by atoms with Gasteiger partial charge >= 0.3 is 0 Å². The molecule has 0 amide bonds. The first-order valence-electron chi connectivity index (χ1n) is 5.73. The van der Waals surface area contributed by atoms with Crippen molar-refractivity contribution >= 4 is 11.4 Å². The van der Waals surface area contributed by atoms with Gasteiger partial charge < -0.3 is 11.1 Å². The molecule has 4 heteroatoms. The third-order valence-corrected chi connectivity index (χ3v) is 2.60. The summed E-state index contributed by atoms with van der Waals surface area (Å²) in [6.07, 6.45) is 2.62. The minimum atomic E-state index is 0.572. The predicted octanol–water partition coefficient (Wildman–Crippen LogP) is 2.19. The van der Waals surface area contributed by atoms with Crippen molar-refractivity contribution in [2.45, 2.75) is 6.42 Å². The van der Waals surface area contributed by atoms with Crippen molar-refractivity contribution in [3.63, 3.8) is 0 Å². The Labute approximate surface area is 106 Å². The van der Waals surface area contributed by atoms with Gasteiger partial charge in [0.25, 0.3) is 0 Å². The fraction of sp³-hybridized carbons (Fsp3) is 0.143. The number of rotatable bonds is 4. The molecule has 3 N–H and O–H groups in total. The second kappa shape index (κ2) is 5.69. The molecule has 0 aliphatic rings. The van der Waals surface area contributed by atoms with Crippen LogP contribution in [-0.2, 0) is 6.42 Å². The lowest BCUT2D eigenvalue weighted by atomic mass is 10.2. The highest BCUT2D eigenvalue weighted by molar-refractivity contribution is 5.68. The summed E-state index contributed by atoms with van der Waals surface area (Å²) in [5, 5.41) is 12.0. The summed E-state index contributed by atoms with van der Waals surface area (Å²) in [5.74, 6) is 0. The number of pyridine rings is 1. The van der Waals surface area contributed by atoms with Crippen LogP contribution in [-0.4, -0.2) is 11.5 Å². The number of benzene rings is 1. The van der Waals surface area contributed by atoms with Crippen molar-refractivity contribution in [1.29, 1.82) is 5.26 Å². The van der Waals surface area contributed by atoms with Gasteiger partial charge in [-0.3, -0.25) is 4.98 Å². The number of aromatic nitrogens is 1. The van der Waals surface area contributed by atoms with E-state index < -0.39 is 0 Å². The van der Waals surface area contributed by atoms with Gasteiger partial charge in [-0.1, -0.05) is 6.07 Å². The van der Waals surface area contributed by atoms with E-state index in [0.29, 0.717) is 11.3 Å². The van der Waals surface area contributed by atoms with Gasteiger partial charge in [-0.15, -0.1) is 0 Å². The van der Waals surface area contributed by atoms with Crippen LogP contribution in [0.3, 0.4) is 0 Å². The molecule has 1 aromatic carbocycles. The summed E-state index contributed by atoms with van der Waals surface area (Å²) in [6, 6.07) is 13.2. The highest BCUT2D eigenvalue weighted by Gasteiger charge is 2.00. The van der Waals surface area contributed by atoms with E-state index in [2.05, 4.69) is 16.4 Å². The molecule has 0 saturated carbocycles. The van der Waals surface area contributed by atoms with Crippen LogP contribution < -0.4 is 11.1 Å². The van der Waals surface area contributed by atoms with Crippen molar-refractivity contribution in [2.75, 3.05) is 17.6 Å². The summed E-state index contributed by atoms with van der Waals surface area (Å²) >= 11 is 0. The van der Waals surface area contributed by atoms with Crippen LogP contribution in [0.25, 0.3) is 0 Å². The van der Waals surface area contributed by atoms with Crippen molar-refractivity contribution in [3.05, 3.63) is 53.9 Å². The summed E-state index contributed by atoms with van der Waals surface area (Å²) in [7, 11) is 0. The van der Waals surface area contributed by atoms with Gasteiger partial charge in [0, 0.05) is 24.9 Å². The number of nitrogen functional groups attached to an aromatic ring is 1. The van der Waals surface area contributed by atoms with E-state index >= 15 is 0 Å². The Bertz CT molecular complexity index is 558. The lowest BCUT2D eigenvalue weighted by Gasteiger charge is -2.09. The van der Waals surface area contributed by atoms with Gasteiger partial charge in [0.15, 0.2) is 0 Å². The molecule has 0 atom stereocenters. The molecule has 0 aliphatic carbocycles. The molecule has 0 radical (unpaired) electrons. The van der Waals surface area contributed by atoms with Gasteiger partial charge in [0.2, 0.25) is 0 Å². The van der Waals surface area contributed by atoms with Crippen LogP contribution >= 0.6 is 0 Å². The summed E-state index contributed by atoms with van der Waals surface area (Å²) < 4.78 is 0. The smallest absolute Gasteiger partial charge is 0.0992 e. The minimum absolute atomic E-state index is 0.572. The first kappa shape index (κ1) is 11.9. The Morgan fingerprint density at radius 2 is 2.17 bits per heavy atom. The number of anilines is 2. The molecule has 18 heavy (non-hydrogen) atoms. The zero-order valence-electron chi connectivity index (χ0n) is 9.93. The van der Waals surface area contributed by atoms with Gasteiger partial charge in [0.05, 0.1) is 23.0 Å². The van der Waals surface area contributed by atoms with Crippen LogP contribution in [0.2, 0.25) is 0 Å². The quantitative estimate of drug-likeness (QED) is 0.801. The molecule has 0 fully saturated rings. The molecule has 4 nitrogen and oxygen atoms in total. The maximum Gasteiger partial charge on any atom is 0.0992 e. The van der Waals surface area contributed by atoms with Crippen molar-refractivity contribution in [2.24, 2.45) is 0 Å². The average molecular weight is 238 g/mol. The zero-order valence-corrected chi connectivity index (χ0v) is 9.93. The first-order valence-corrected chi connectivity index (χ1v) is 5.73. The Hall–Kier alpha value is -2.54. The molecular weight excluding hydrogens is 224 g/mol. The van der Waals surface area contributed by atoms with E-state index in [-0.39, 0.29) is 0 Å². The third kappa shape index (κ3) is 2.98.